The van der Waals surface area contributed by atoms with Crippen molar-refractivity contribution in [2.24, 2.45) is 0 Å². The van der Waals surface area contributed by atoms with E-state index in [0.29, 0.717) is 13.0 Å². The SMILES string of the molecule is Cc1ccc2c(c1)OC(C)C(=O)N2CCC#N. The van der Waals surface area contributed by atoms with E-state index in [9.17, 15) is 4.79 Å². The molecule has 2 rings (SSSR count). The van der Waals surface area contributed by atoms with Crippen molar-refractivity contribution in [2.45, 2.75) is 26.4 Å². The molecular formula is C13H14N2O2. The average Bonchev–Trinajstić information content (AvgIpc) is 2.30. The zero-order chi connectivity index (χ0) is 12.4. The molecule has 4 nitrogen and oxygen atoms in total. The summed E-state index contributed by atoms with van der Waals surface area (Å²) in [6, 6.07) is 7.77. The van der Waals surface area contributed by atoms with Gasteiger partial charge in [-0.1, -0.05) is 6.07 Å². The van der Waals surface area contributed by atoms with E-state index < -0.39 is 6.10 Å². The van der Waals surface area contributed by atoms with Gasteiger partial charge in [-0.3, -0.25) is 4.79 Å². The summed E-state index contributed by atoms with van der Waals surface area (Å²) in [7, 11) is 0. The number of amides is 1. The molecule has 1 heterocycles. The molecule has 1 amide bonds. The van der Waals surface area contributed by atoms with Gasteiger partial charge < -0.3 is 9.64 Å². The van der Waals surface area contributed by atoms with Gasteiger partial charge in [0.1, 0.15) is 5.75 Å². The zero-order valence-corrected chi connectivity index (χ0v) is 9.93. The maximum Gasteiger partial charge on any atom is 0.267 e. The number of nitriles is 1. The molecule has 0 N–H and O–H groups in total. The molecule has 1 atom stereocenters. The topological polar surface area (TPSA) is 53.3 Å². The molecule has 0 bridgehead atoms. The van der Waals surface area contributed by atoms with Crippen LogP contribution in [0.4, 0.5) is 5.69 Å². The van der Waals surface area contributed by atoms with Crippen molar-refractivity contribution >= 4 is 11.6 Å². The van der Waals surface area contributed by atoms with E-state index in [-0.39, 0.29) is 5.91 Å². The van der Waals surface area contributed by atoms with Crippen LogP contribution in [0, 0.1) is 18.3 Å². The van der Waals surface area contributed by atoms with Crippen LogP contribution in [0.1, 0.15) is 18.9 Å². The standard InChI is InChI=1S/C13H14N2O2/c1-9-4-5-11-12(8-9)17-10(2)13(16)15(11)7-3-6-14/h4-5,8,10H,3,7H2,1-2H3. The van der Waals surface area contributed by atoms with Crippen molar-refractivity contribution in [3.63, 3.8) is 0 Å². The lowest BCUT2D eigenvalue weighted by atomic mass is 10.1. The van der Waals surface area contributed by atoms with Gasteiger partial charge in [0.2, 0.25) is 0 Å². The van der Waals surface area contributed by atoms with Crippen molar-refractivity contribution in [3.05, 3.63) is 23.8 Å². The Morgan fingerprint density at radius 1 is 1.53 bits per heavy atom. The second kappa shape index (κ2) is 4.46. The highest BCUT2D eigenvalue weighted by Crippen LogP contribution is 2.34. The zero-order valence-electron chi connectivity index (χ0n) is 9.93. The molecule has 0 saturated carbocycles. The Morgan fingerprint density at radius 2 is 2.29 bits per heavy atom. The van der Waals surface area contributed by atoms with E-state index in [0.717, 1.165) is 17.0 Å². The molecular weight excluding hydrogens is 216 g/mol. The Balaban J connectivity index is 2.38. The number of hydrogen-bond donors (Lipinski definition) is 0. The van der Waals surface area contributed by atoms with Gasteiger partial charge in [0.15, 0.2) is 6.10 Å². The van der Waals surface area contributed by atoms with E-state index >= 15 is 0 Å². The lowest BCUT2D eigenvalue weighted by Crippen LogP contribution is -2.44. The normalized spacial score (nSPS) is 18.3. The van der Waals surface area contributed by atoms with Crippen molar-refractivity contribution in [1.29, 1.82) is 5.26 Å². The molecule has 88 valence electrons. The molecule has 0 radical (unpaired) electrons. The summed E-state index contributed by atoms with van der Waals surface area (Å²) in [4.78, 5) is 13.6. The van der Waals surface area contributed by atoms with Crippen LogP contribution >= 0.6 is 0 Å². The summed E-state index contributed by atoms with van der Waals surface area (Å²) in [6.45, 7) is 4.12. The van der Waals surface area contributed by atoms with Gasteiger partial charge >= 0.3 is 0 Å². The Bertz CT molecular complexity index is 491. The van der Waals surface area contributed by atoms with Crippen LogP contribution in [0.5, 0.6) is 5.75 Å². The molecule has 1 aliphatic rings. The number of carbonyl (C=O) groups is 1. The predicted molar refractivity (Wildman–Crippen MR) is 63.9 cm³/mol. The highest BCUT2D eigenvalue weighted by Gasteiger charge is 2.30. The van der Waals surface area contributed by atoms with Gasteiger partial charge in [-0.25, -0.2) is 0 Å². The van der Waals surface area contributed by atoms with Crippen LogP contribution in [0.2, 0.25) is 0 Å². The number of anilines is 1. The van der Waals surface area contributed by atoms with Gasteiger partial charge in [0.25, 0.3) is 5.91 Å². The molecule has 1 aromatic carbocycles. The molecule has 17 heavy (non-hydrogen) atoms. The van der Waals surface area contributed by atoms with Gasteiger partial charge in [0, 0.05) is 6.54 Å². The van der Waals surface area contributed by atoms with E-state index in [4.69, 9.17) is 10.00 Å². The smallest absolute Gasteiger partial charge is 0.267 e. The first-order valence-electron chi connectivity index (χ1n) is 5.59. The number of fused-ring (bicyclic) bond motifs is 1. The maximum atomic E-state index is 12.0. The quantitative estimate of drug-likeness (QED) is 0.781. The van der Waals surface area contributed by atoms with Crippen LogP contribution in [-0.2, 0) is 4.79 Å². The molecule has 0 fully saturated rings. The molecule has 0 aromatic heterocycles. The molecule has 0 aliphatic carbocycles. The van der Waals surface area contributed by atoms with Crippen LogP contribution in [0.3, 0.4) is 0 Å². The minimum Gasteiger partial charge on any atom is -0.479 e. The second-order valence-corrected chi connectivity index (χ2v) is 4.13. The van der Waals surface area contributed by atoms with Crippen molar-refractivity contribution in [2.75, 3.05) is 11.4 Å². The number of aryl methyl sites for hydroxylation is 1. The lowest BCUT2D eigenvalue weighted by Gasteiger charge is -2.32. The number of carbonyl (C=O) groups excluding carboxylic acids is 1. The first kappa shape index (κ1) is 11.5. The first-order chi connectivity index (χ1) is 8.13. The summed E-state index contributed by atoms with van der Waals surface area (Å²) in [5, 5.41) is 8.62. The monoisotopic (exact) mass is 230 g/mol. The fraction of sp³-hybridized carbons (Fsp3) is 0.385. The molecule has 4 heteroatoms. The maximum absolute atomic E-state index is 12.0. The third-order valence-corrected chi connectivity index (χ3v) is 2.77. The van der Waals surface area contributed by atoms with Crippen molar-refractivity contribution in [1.82, 2.24) is 0 Å². The van der Waals surface area contributed by atoms with Crippen molar-refractivity contribution < 1.29 is 9.53 Å². The summed E-state index contributed by atoms with van der Waals surface area (Å²) in [5.74, 6) is 0.631. The minimum atomic E-state index is -0.483. The van der Waals surface area contributed by atoms with Crippen LogP contribution < -0.4 is 9.64 Å². The Labute approximate surface area is 100 Å². The van der Waals surface area contributed by atoms with E-state index in [1.54, 1.807) is 11.8 Å². The molecule has 1 unspecified atom stereocenters. The van der Waals surface area contributed by atoms with Gasteiger partial charge in [-0.15, -0.1) is 0 Å². The van der Waals surface area contributed by atoms with E-state index in [1.807, 2.05) is 25.1 Å². The predicted octanol–water partition coefficient (Wildman–Crippen LogP) is 2.02. The van der Waals surface area contributed by atoms with Gasteiger partial charge in [-0.2, -0.15) is 5.26 Å². The number of benzene rings is 1. The first-order valence-corrected chi connectivity index (χ1v) is 5.59. The summed E-state index contributed by atoms with van der Waals surface area (Å²) in [6.07, 6.45) is -0.158. The summed E-state index contributed by atoms with van der Waals surface area (Å²) >= 11 is 0. The second-order valence-electron chi connectivity index (χ2n) is 4.13. The third-order valence-electron chi connectivity index (χ3n) is 2.77. The number of ether oxygens (including phenoxy) is 1. The Hall–Kier alpha value is -2.02. The molecule has 1 aliphatic heterocycles. The molecule has 1 aromatic rings. The number of hydrogen-bond acceptors (Lipinski definition) is 3. The molecule has 0 spiro atoms. The highest BCUT2D eigenvalue weighted by molar-refractivity contribution is 5.99. The summed E-state index contributed by atoms with van der Waals surface area (Å²) in [5.41, 5.74) is 1.85. The fourth-order valence-corrected chi connectivity index (χ4v) is 1.91. The van der Waals surface area contributed by atoms with Crippen molar-refractivity contribution in [3.8, 4) is 11.8 Å². The largest absolute Gasteiger partial charge is 0.479 e. The Kier molecular flexibility index (Phi) is 3.01. The highest BCUT2D eigenvalue weighted by atomic mass is 16.5. The third kappa shape index (κ3) is 2.09. The summed E-state index contributed by atoms with van der Waals surface area (Å²) < 4.78 is 5.56. The van der Waals surface area contributed by atoms with E-state index in [1.165, 1.54) is 0 Å². The van der Waals surface area contributed by atoms with E-state index in [2.05, 4.69) is 6.07 Å². The fourth-order valence-electron chi connectivity index (χ4n) is 1.91. The lowest BCUT2D eigenvalue weighted by molar-refractivity contribution is -0.125. The van der Waals surface area contributed by atoms with Crippen LogP contribution in [-0.4, -0.2) is 18.6 Å². The average molecular weight is 230 g/mol. The number of rotatable bonds is 2. The van der Waals surface area contributed by atoms with Gasteiger partial charge in [-0.05, 0) is 31.5 Å². The van der Waals surface area contributed by atoms with Gasteiger partial charge in [0.05, 0.1) is 18.2 Å². The van der Waals surface area contributed by atoms with Crippen LogP contribution in [0.25, 0.3) is 0 Å². The number of nitrogens with zero attached hydrogens (tertiary/aromatic N) is 2. The van der Waals surface area contributed by atoms with Crippen LogP contribution in [0.15, 0.2) is 18.2 Å². The Morgan fingerprint density at radius 3 is 3.00 bits per heavy atom. The minimum absolute atomic E-state index is 0.0865. The molecule has 0 saturated heterocycles.